The average Bonchev–Trinajstić information content (AvgIpc) is 2.47. The van der Waals surface area contributed by atoms with Gasteiger partial charge in [0.2, 0.25) is 0 Å². The first-order chi connectivity index (χ1) is 10.0. The van der Waals surface area contributed by atoms with Crippen LogP contribution in [0.4, 0.5) is 11.4 Å². The molecule has 2 aromatic carbocycles. The van der Waals surface area contributed by atoms with E-state index in [0.29, 0.717) is 36.1 Å². The zero-order valence-corrected chi connectivity index (χ0v) is 11.9. The van der Waals surface area contributed by atoms with E-state index in [9.17, 15) is 8.42 Å². The monoisotopic (exact) mass is 306 g/mol. The molecule has 21 heavy (non-hydrogen) atoms. The number of hydrogen-bond donors (Lipinski definition) is 2. The number of hydrogen-bond acceptors (Lipinski definition) is 5. The van der Waals surface area contributed by atoms with Crippen LogP contribution in [-0.4, -0.2) is 21.6 Å². The van der Waals surface area contributed by atoms with E-state index >= 15 is 0 Å². The van der Waals surface area contributed by atoms with E-state index in [1.165, 1.54) is 12.1 Å². The molecule has 0 bridgehead atoms. The Morgan fingerprint density at radius 2 is 1.76 bits per heavy atom. The number of nitrogens with two attached hydrogens (primary N) is 1. The van der Waals surface area contributed by atoms with Crippen molar-refractivity contribution in [3.63, 3.8) is 0 Å². The molecule has 3 rings (SSSR count). The molecular weight excluding hydrogens is 292 g/mol. The third kappa shape index (κ3) is 2.87. The van der Waals surface area contributed by atoms with Crippen LogP contribution in [0.1, 0.15) is 0 Å². The zero-order valence-electron chi connectivity index (χ0n) is 11.1. The highest BCUT2D eigenvalue weighted by atomic mass is 32.2. The van der Waals surface area contributed by atoms with Gasteiger partial charge in [-0.3, -0.25) is 4.72 Å². The third-order valence-corrected chi connectivity index (χ3v) is 4.34. The van der Waals surface area contributed by atoms with Crippen molar-refractivity contribution >= 4 is 21.4 Å². The second-order valence-corrected chi connectivity index (χ2v) is 6.22. The number of sulfonamides is 1. The van der Waals surface area contributed by atoms with Crippen molar-refractivity contribution in [2.24, 2.45) is 0 Å². The number of nitrogen functional groups attached to an aromatic ring is 1. The van der Waals surface area contributed by atoms with Crippen molar-refractivity contribution in [1.82, 2.24) is 0 Å². The molecule has 0 amide bonds. The highest BCUT2D eigenvalue weighted by Crippen LogP contribution is 2.33. The Morgan fingerprint density at radius 3 is 2.52 bits per heavy atom. The van der Waals surface area contributed by atoms with Crippen LogP contribution < -0.4 is 19.9 Å². The molecule has 0 aromatic heterocycles. The van der Waals surface area contributed by atoms with E-state index < -0.39 is 10.0 Å². The second kappa shape index (κ2) is 5.17. The first kappa shape index (κ1) is 13.6. The molecule has 0 unspecified atom stereocenters. The molecule has 2 aromatic rings. The van der Waals surface area contributed by atoms with Crippen molar-refractivity contribution in [3.8, 4) is 11.5 Å². The van der Waals surface area contributed by atoms with E-state index in [4.69, 9.17) is 15.2 Å². The summed E-state index contributed by atoms with van der Waals surface area (Å²) in [4.78, 5) is 0.109. The summed E-state index contributed by atoms with van der Waals surface area (Å²) in [5.74, 6) is 1.13. The minimum atomic E-state index is -3.69. The lowest BCUT2D eigenvalue weighted by atomic mass is 10.3. The average molecular weight is 306 g/mol. The number of rotatable bonds is 3. The van der Waals surface area contributed by atoms with E-state index in [1.54, 1.807) is 30.3 Å². The molecule has 6 nitrogen and oxygen atoms in total. The molecule has 0 fully saturated rings. The molecule has 7 heteroatoms. The van der Waals surface area contributed by atoms with Crippen LogP contribution in [0.25, 0.3) is 0 Å². The summed E-state index contributed by atoms with van der Waals surface area (Å²) in [7, 11) is -3.69. The van der Waals surface area contributed by atoms with Gasteiger partial charge in [0.05, 0.1) is 10.6 Å². The maximum Gasteiger partial charge on any atom is 0.261 e. The summed E-state index contributed by atoms with van der Waals surface area (Å²) < 4.78 is 37.9. The lowest BCUT2D eigenvalue weighted by molar-refractivity contribution is 0.171. The maximum absolute atomic E-state index is 12.3. The summed E-state index contributed by atoms with van der Waals surface area (Å²) >= 11 is 0. The van der Waals surface area contributed by atoms with Crippen LogP contribution in [0.3, 0.4) is 0 Å². The highest BCUT2D eigenvalue weighted by molar-refractivity contribution is 7.92. The van der Waals surface area contributed by atoms with Crippen LogP contribution in [0.2, 0.25) is 0 Å². The Bertz CT molecular complexity index is 774. The molecule has 110 valence electrons. The summed E-state index contributed by atoms with van der Waals surface area (Å²) in [5, 5.41) is 0. The molecule has 1 aliphatic heterocycles. The van der Waals surface area contributed by atoms with Crippen LogP contribution in [0, 0.1) is 0 Å². The van der Waals surface area contributed by atoms with Crippen LogP contribution >= 0.6 is 0 Å². The normalized spacial score (nSPS) is 13.7. The van der Waals surface area contributed by atoms with Crippen molar-refractivity contribution in [2.75, 3.05) is 23.7 Å². The van der Waals surface area contributed by atoms with Gasteiger partial charge in [-0.15, -0.1) is 0 Å². The van der Waals surface area contributed by atoms with Gasteiger partial charge in [-0.2, -0.15) is 0 Å². The minimum absolute atomic E-state index is 0.109. The molecule has 3 N–H and O–H groups in total. The van der Waals surface area contributed by atoms with E-state index in [0.717, 1.165) is 0 Å². The van der Waals surface area contributed by atoms with E-state index in [2.05, 4.69) is 4.72 Å². The fraction of sp³-hybridized carbons (Fsp3) is 0.143. The predicted molar refractivity (Wildman–Crippen MR) is 79.1 cm³/mol. The van der Waals surface area contributed by atoms with Gasteiger partial charge in [-0.25, -0.2) is 8.42 Å². The van der Waals surface area contributed by atoms with Gasteiger partial charge in [0, 0.05) is 11.8 Å². The van der Waals surface area contributed by atoms with Gasteiger partial charge in [0.25, 0.3) is 10.0 Å². The van der Waals surface area contributed by atoms with Crippen LogP contribution in [0.15, 0.2) is 47.4 Å². The van der Waals surface area contributed by atoms with Gasteiger partial charge < -0.3 is 15.2 Å². The standard InChI is InChI=1S/C14H14N2O4S/c15-10-2-1-3-12(8-10)21(17,18)16-11-4-5-13-14(9-11)20-7-6-19-13/h1-5,8-9,16H,6-7,15H2. The maximum atomic E-state index is 12.3. The number of benzene rings is 2. The van der Waals surface area contributed by atoms with Gasteiger partial charge in [-0.1, -0.05) is 6.07 Å². The summed E-state index contributed by atoms with van der Waals surface area (Å²) in [6.07, 6.45) is 0. The molecule has 0 spiro atoms. The first-order valence-corrected chi connectivity index (χ1v) is 7.81. The lowest BCUT2D eigenvalue weighted by Gasteiger charge is -2.19. The Hall–Kier alpha value is -2.41. The molecule has 1 aliphatic rings. The molecule has 0 saturated heterocycles. The van der Waals surface area contributed by atoms with E-state index in [1.807, 2.05) is 0 Å². The fourth-order valence-corrected chi connectivity index (χ4v) is 3.11. The predicted octanol–water partition coefficient (Wildman–Crippen LogP) is 1.84. The van der Waals surface area contributed by atoms with Crippen molar-refractivity contribution in [2.45, 2.75) is 4.90 Å². The van der Waals surface area contributed by atoms with Crippen molar-refractivity contribution in [1.29, 1.82) is 0 Å². The Morgan fingerprint density at radius 1 is 1.00 bits per heavy atom. The summed E-state index contributed by atoms with van der Waals surface area (Å²) in [6, 6.07) is 11.0. The molecule has 0 radical (unpaired) electrons. The number of ether oxygens (including phenoxy) is 2. The summed E-state index contributed by atoms with van der Waals surface area (Å²) in [6.45, 7) is 0.930. The molecule has 0 saturated carbocycles. The third-order valence-electron chi connectivity index (χ3n) is 2.96. The Kier molecular flexibility index (Phi) is 3.34. The number of nitrogens with one attached hydrogen (secondary N) is 1. The van der Waals surface area contributed by atoms with E-state index in [-0.39, 0.29) is 4.90 Å². The van der Waals surface area contributed by atoms with Gasteiger partial charge in [0.1, 0.15) is 13.2 Å². The fourth-order valence-electron chi connectivity index (χ4n) is 2.00. The van der Waals surface area contributed by atoms with Gasteiger partial charge in [0.15, 0.2) is 11.5 Å². The topological polar surface area (TPSA) is 90.7 Å². The van der Waals surface area contributed by atoms with Crippen molar-refractivity contribution < 1.29 is 17.9 Å². The smallest absolute Gasteiger partial charge is 0.261 e. The number of fused-ring (bicyclic) bond motifs is 1. The molecular formula is C14H14N2O4S. The first-order valence-electron chi connectivity index (χ1n) is 6.33. The number of anilines is 2. The largest absolute Gasteiger partial charge is 0.486 e. The second-order valence-electron chi connectivity index (χ2n) is 4.54. The Balaban J connectivity index is 1.89. The molecule has 1 heterocycles. The lowest BCUT2D eigenvalue weighted by Crippen LogP contribution is -2.16. The molecule has 0 aliphatic carbocycles. The SMILES string of the molecule is Nc1cccc(S(=O)(=O)Nc2ccc3c(c2)OCCO3)c1. The van der Waals surface area contributed by atoms with Crippen LogP contribution in [-0.2, 0) is 10.0 Å². The summed E-state index contributed by atoms with van der Waals surface area (Å²) in [5.41, 5.74) is 6.40. The van der Waals surface area contributed by atoms with Gasteiger partial charge in [-0.05, 0) is 30.3 Å². The minimum Gasteiger partial charge on any atom is -0.486 e. The van der Waals surface area contributed by atoms with Crippen molar-refractivity contribution in [3.05, 3.63) is 42.5 Å². The Labute approximate surface area is 122 Å². The molecule has 0 atom stereocenters. The van der Waals surface area contributed by atoms with Crippen LogP contribution in [0.5, 0.6) is 11.5 Å². The highest BCUT2D eigenvalue weighted by Gasteiger charge is 2.17. The zero-order chi connectivity index (χ0) is 14.9. The quantitative estimate of drug-likeness (QED) is 0.844. The van der Waals surface area contributed by atoms with Gasteiger partial charge >= 0.3 is 0 Å².